The van der Waals surface area contributed by atoms with Gasteiger partial charge in [0.2, 0.25) is 0 Å². The Balaban J connectivity index is 2.13. The number of hydrogen-bond acceptors (Lipinski definition) is 6. The minimum absolute atomic E-state index is 0.0435. The number of carbonyl (C=O) groups is 3. The molecule has 0 aliphatic carbocycles. The molecule has 0 atom stereocenters. The lowest BCUT2D eigenvalue weighted by Gasteiger charge is -2.11. The molecule has 2 N–H and O–H groups in total. The maximum atomic E-state index is 12.2. The maximum absolute atomic E-state index is 12.2. The quantitative estimate of drug-likeness (QED) is 0.652. The molecule has 0 saturated carbocycles. The molecule has 0 aliphatic heterocycles. The van der Waals surface area contributed by atoms with Crippen molar-refractivity contribution in [2.24, 2.45) is 0 Å². The van der Waals surface area contributed by atoms with Gasteiger partial charge in [0.25, 0.3) is 0 Å². The second-order valence-corrected chi connectivity index (χ2v) is 5.12. The molecule has 0 saturated heterocycles. The Kier molecular flexibility index (Phi) is 6.55. The van der Waals surface area contributed by atoms with Crippen LogP contribution in [0.15, 0.2) is 48.5 Å². The van der Waals surface area contributed by atoms with E-state index in [9.17, 15) is 14.4 Å². The van der Waals surface area contributed by atoms with E-state index in [1.807, 2.05) is 6.07 Å². The van der Waals surface area contributed by atoms with Crippen LogP contribution in [0.5, 0.6) is 11.5 Å². The van der Waals surface area contributed by atoms with E-state index in [1.54, 1.807) is 24.3 Å². The van der Waals surface area contributed by atoms with Crippen molar-refractivity contribution in [3.63, 3.8) is 0 Å². The summed E-state index contributed by atoms with van der Waals surface area (Å²) in [5, 5.41) is 17.4. The molecule has 0 aliphatic rings. The van der Waals surface area contributed by atoms with Gasteiger partial charge in [-0.15, -0.1) is 0 Å². The first kappa shape index (κ1) is 18.8. The van der Waals surface area contributed by atoms with Crippen molar-refractivity contribution in [3.8, 4) is 11.5 Å². The topological polar surface area (TPSA) is 119 Å². The van der Waals surface area contributed by atoms with Gasteiger partial charge in [-0.05, 0) is 17.7 Å². The normalized spacial score (nSPS) is 10.0. The van der Waals surface area contributed by atoms with E-state index in [0.717, 1.165) is 5.56 Å². The number of carboxylic acids is 2. The maximum Gasteiger partial charge on any atom is 0.341 e. The van der Waals surface area contributed by atoms with Crippen LogP contribution in [0.4, 0.5) is 0 Å². The zero-order valence-corrected chi connectivity index (χ0v) is 13.6. The molecule has 0 aromatic heterocycles. The number of carbonyl (C=O) groups excluding carboxylic acids is 1. The molecule has 2 aromatic rings. The average molecular weight is 360 g/mol. The van der Waals surface area contributed by atoms with E-state index in [-0.39, 0.29) is 23.7 Å². The highest BCUT2D eigenvalue weighted by Crippen LogP contribution is 2.24. The number of ether oxygens (including phenoxy) is 3. The number of benzene rings is 2. The molecule has 0 unspecified atom stereocenters. The minimum atomic E-state index is -1.20. The van der Waals surface area contributed by atoms with Crippen LogP contribution in [0.1, 0.15) is 15.9 Å². The molecule has 0 heterocycles. The van der Waals surface area contributed by atoms with Gasteiger partial charge in [-0.1, -0.05) is 30.3 Å². The molecule has 2 rings (SSSR count). The number of carboxylic acid groups (broad SMARTS) is 2. The van der Waals surface area contributed by atoms with Crippen molar-refractivity contribution in [2.75, 3.05) is 13.2 Å². The van der Waals surface area contributed by atoms with E-state index < -0.39 is 31.1 Å². The fourth-order valence-corrected chi connectivity index (χ4v) is 1.95. The minimum Gasteiger partial charge on any atom is -0.482 e. The zero-order valence-electron chi connectivity index (χ0n) is 13.6. The lowest BCUT2D eigenvalue weighted by molar-refractivity contribution is -0.140. The molecule has 136 valence electrons. The lowest BCUT2D eigenvalue weighted by Crippen LogP contribution is -2.12. The second kappa shape index (κ2) is 9.07. The van der Waals surface area contributed by atoms with Crippen LogP contribution in [-0.2, 0) is 20.9 Å². The largest absolute Gasteiger partial charge is 0.482 e. The monoisotopic (exact) mass is 360 g/mol. The van der Waals surface area contributed by atoms with Crippen LogP contribution in [0, 0.1) is 0 Å². The van der Waals surface area contributed by atoms with Crippen molar-refractivity contribution in [1.29, 1.82) is 0 Å². The number of esters is 1. The molecular weight excluding hydrogens is 344 g/mol. The third-order valence-electron chi connectivity index (χ3n) is 3.05. The summed E-state index contributed by atoms with van der Waals surface area (Å²) < 4.78 is 15.3. The summed E-state index contributed by atoms with van der Waals surface area (Å²) in [6, 6.07) is 12.9. The summed E-state index contributed by atoms with van der Waals surface area (Å²) in [5.41, 5.74) is 0.839. The fourth-order valence-electron chi connectivity index (χ4n) is 1.95. The van der Waals surface area contributed by atoms with Crippen molar-refractivity contribution in [3.05, 3.63) is 59.7 Å². The Hall–Kier alpha value is -3.55. The van der Waals surface area contributed by atoms with Crippen molar-refractivity contribution in [2.45, 2.75) is 6.61 Å². The highest BCUT2D eigenvalue weighted by Gasteiger charge is 2.13. The summed E-state index contributed by atoms with van der Waals surface area (Å²) in [6.07, 6.45) is 0. The number of rotatable bonds is 9. The van der Waals surface area contributed by atoms with Gasteiger partial charge >= 0.3 is 17.9 Å². The predicted octanol–water partition coefficient (Wildman–Crippen LogP) is 1.97. The molecular formula is C18H16O8. The molecule has 8 heteroatoms. The zero-order chi connectivity index (χ0) is 18.9. The van der Waals surface area contributed by atoms with Crippen molar-refractivity contribution >= 4 is 17.9 Å². The molecule has 0 radical (unpaired) electrons. The first-order valence-electron chi connectivity index (χ1n) is 7.49. The van der Waals surface area contributed by atoms with Crippen LogP contribution in [-0.4, -0.2) is 41.3 Å². The van der Waals surface area contributed by atoms with E-state index in [0.29, 0.717) is 0 Å². The average Bonchev–Trinajstić information content (AvgIpc) is 2.63. The third kappa shape index (κ3) is 6.16. The molecule has 0 fully saturated rings. The molecule has 2 aromatic carbocycles. The van der Waals surface area contributed by atoms with E-state index in [4.69, 9.17) is 24.4 Å². The molecule has 0 spiro atoms. The Morgan fingerprint density at radius 1 is 0.808 bits per heavy atom. The Bertz CT molecular complexity index is 749. The molecule has 0 amide bonds. The lowest BCUT2D eigenvalue weighted by atomic mass is 10.2. The molecule has 8 nitrogen and oxygen atoms in total. The van der Waals surface area contributed by atoms with Crippen molar-refractivity contribution < 1.29 is 38.8 Å². The summed E-state index contributed by atoms with van der Waals surface area (Å²) in [4.78, 5) is 33.5. The highest BCUT2D eigenvalue weighted by molar-refractivity contribution is 5.90. The third-order valence-corrected chi connectivity index (χ3v) is 3.05. The van der Waals surface area contributed by atoms with E-state index in [1.165, 1.54) is 18.2 Å². The Morgan fingerprint density at radius 3 is 1.85 bits per heavy atom. The van der Waals surface area contributed by atoms with Gasteiger partial charge in [-0.3, -0.25) is 0 Å². The van der Waals surface area contributed by atoms with Gasteiger partial charge in [-0.25, -0.2) is 14.4 Å². The fraction of sp³-hybridized carbons (Fsp3) is 0.167. The highest BCUT2D eigenvalue weighted by atomic mass is 16.5. The Morgan fingerprint density at radius 2 is 1.35 bits per heavy atom. The van der Waals surface area contributed by atoms with E-state index >= 15 is 0 Å². The predicted molar refractivity (Wildman–Crippen MR) is 88.3 cm³/mol. The molecule has 0 bridgehead atoms. The SMILES string of the molecule is O=C(O)COc1cc(OCC(=O)O)cc(C(=O)OCc2ccccc2)c1. The van der Waals surface area contributed by atoms with Gasteiger partial charge in [0.05, 0.1) is 5.56 Å². The van der Waals surface area contributed by atoms with Crippen LogP contribution in [0.2, 0.25) is 0 Å². The second-order valence-electron chi connectivity index (χ2n) is 5.12. The smallest absolute Gasteiger partial charge is 0.341 e. The standard InChI is InChI=1S/C18H16O8/c19-16(20)10-24-14-6-13(7-15(8-14)25-11-17(21)22)18(23)26-9-12-4-2-1-3-5-12/h1-8H,9-11H2,(H,19,20)(H,21,22). The van der Waals surface area contributed by atoms with Gasteiger partial charge < -0.3 is 24.4 Å². The summed E-state index contributed by atoms with van der Waals surface area (Å²) in [7, 11) is 0. The first-order valence-corrected chi connectivity index (χ1v) is 7.49. The number of aliphatic carboxylic acids is 2. The van der Waals surface area contributed by atoms with Crippen LogP contribution in [0.25, 0.3) is 0 Å². The van der Waals surface area contributed by atoms with Crippen LogP contribution < -0.4 is 9.47 Å². The van der Waals surface area contributed by atoms with Crippen LogP contribution in [0.3, 0.4) is 0 Å². The summed E-state index contributed by atoms with van der Waals surface area (Å²) >= 11 is 0. The number of hydrogen-bond donors (Lipinski definition) is 2. The molecule has 26 heavy (non-hydrogen) atoms. The van der Waals surface area contributed by atoms with Crippen LogP contribution >= 0.6 is 0 Å². The Labute approximate surface area is 148 Å². The van der Waals surface area contributed by atoms with Gasteiger partial charge in [0.1, 0.15) is 18.1 Å². The van der Waals surface area contributed by atoms with E-state index in [2.05, 4.69) is 0 Å². The van der Waals surface area contributed by atoms with Gasteiger partial charge in [0.15, 0.2) is 13.2 Å². The van der Waals surface area contributed by atoms with Gasteiger partial charge in [0, 0.05) is 6.07 Å². The first-order chi connectivity index (χ1) is 12.4. The van der Waals surface area contributed by atoms with Crippen molar-refractivity contribution in [1.82, 2.24) is 0 Å². The summed E-state index contributed by atoms with van der Waals surface area (Å²) in [6.45, 7) is -1.20. The summed E-state index contributed by atoms with van der Waals surface area (Å²) in [5.74, 6) is -3.00. The van der Waals surface area contributed by atoms with Gasteiger partial charge in [-0.2, -0.15) is 0 Å².